The van der Waals surface area contributed by atoms with E-state index in [0.717, 1.165) is 61.0 Å². The summed E-state index contributed by atoms with van der Waals surface area (Å²) < 4.78 is 5.48. The van der Waals surface area contributed by atoms with Crippen molar-refractivity contribution < 1.29 is 14.4 Å². The van der Waals surface area contributed by atoms with E-state index >= 15 is 0 Å². The lowest BCUT2D eigenvalue weighted by Gasteiger charge is -2.34. The number of hydrogen-bond acceptors (Lipinski definition) is 3. The number of rotatable bonds is 6. The SMILES string of the molecule is COc1ccccc1N1CC[NH+](CCC(=O)Nc2cc(C)ccc2C)CC1. The zero-order valence-electron chi connectivity index (χ0n) is 16.5. The quantitative estimate of drug-likeness (QED) is 0.820. The fourth-order valence-corrected chi connectivity index (χ4v) is 3.58. The van der Waals surface area contributed by atoms with Crippen LogP contribution in [0.15, 0.2) is 42.5 Å². The fourth-order valence-electron chi connectivity index (χ4n) is 3.58. The number of carbonyl (C=O) groups is 1. The Bertz CT molecular complexity index is 783. The molecule has 0 radical (unpaired) electrons. The maximum Gasteiger partial charge on any atom is 0.230 e. The van der Waals surface area contributed by atoms with Crippen molar-refractivity contribution >= 4 is 17.3 Å². The first-order valence-electron chi connectivity index (χ1n) is 9.65. The van der Waals surface area contributed by atoms with Crippen molar-refractivity contribution in [3.63, 3.8) is 0 Å². The Morgan fingerprint density at radius 3 is 2.63 bits per heavy atom. The van der Waals surface area contributed by atoms with Gasteiger partial charge in [-0.05, 0) is 43.2 Å². The minimum absolute atomic E-state index is 0.100. The first-order chi connectivity index (χ1) is 13.1. The summed E-state index contributed by atoms with van der Waals surface area (Å²) in [4.78, 5) is 16.2. The molecule has 0 atom stereocenters. The van der Waals surface area contributed by atoms with Crippen molar-refractivity contribution in [3.05, 3.63) is 53.6 Å². The highest BCUT2D eigenvalue weighted by atomic mass is 16.5. The molecule has 1 fully saturated rings. The molecule has 2 N–H and O–H groups in total. The zero-order chi connectivity index (χ0) is 19.2. The molecule has 1 amide bonds. The summed E-state index contributed by atoms with van der Waals surface area (Å²) in [5.74, 6) is 1.03. The van der Waals surface area contributed by atoms with Gasteiger partial charge in [-0.2, -0.15) is 0 Å². The summed E-state index contributed by atoms with van der Waals surface area (Å²) in [6.07, 6.45) is 0.553. The van der Waals surface area contributed by atoms with Gasteiger partial charge in [0.25, 0.3) is 0 Å². The van der Waals surface area contributed by atoms with E-state index in [2.05, 4.69) is 28.4 Å². The maximum absolute atomic E-state index is 12.3. The monoisotopic (exact) mass is 368 g/mol. The number of quaternary nitrogens is 1. The highest BCUT2D eigenvalue weighted by Crippen LogP contribution is 2.27. The number of para-hydroxylation sites is 2. The number of hydrogen-bond donors (Lipinski definition) is 2. The van der Waals surface area contributed by atoms with Crippen molar-refractivity contribution in [2.24, 2.45) is 0 Å². The molecule has 2 aromatic carbocycles. The fraction of sp³-hybridized carbons (Fsp3) is 0.409. The van der Waals surface area contributed by atoms with Gasteiger partial charge in [-0.1, -0.05) is 24.3 Å². The van der Waals surface area contributed by atoms with Crippen LogP contribution in [0.4, 0.5) is 11.4 Å². The molecule has 0 spiro atoms. The Morgan fingerprint density at radius 1 is 1.15 bits per heavy atom. The number of methoxy groups -OCH3 is 1. The third-order valence-corrected chi connectivity index (χ3v) is 5.27. The van der Waals surface area contributed by atoms with Crippen molar-refractivity contribution in [2.45, 2.75) is 20.3 Å². The van der Waals surface area contributed by atoms with Gasteiger partial charge >= 0.3 is 0 Å². The molecule has 1 heterocycles. The average Bonchev–Trinajstić information content (AvgIpc) is 2.69. The smallest absolute Gasteiger partial charge is 0.230 e. The Labute approximate surface area is 161 Å². The second-order valence-electron chi connectivity index (χ2n) is 7.28. The van der Waals surface area contributed by atoms with E-state index in [9.17, 15) is 4.79 Å². The van der Waals surface area contributed by atoms with E-state index in [-0.39, 0.29) is 5.91 Å². The second kappa shape index (κ2) is 8.91. The lowest BCUT2D eigenvalue weighted by molar-refractivity contribution is -0.900. The second-order valence-corrected chi connectivity index (χ2v) is 7.28. The number of nitrogens with zero attached hydrogens (tertiary/aromatic N) is 1. The van der Waals surface area contributed by atoms with Crippen molar-refractivity contribution in [1.82, 2.24) is 0 Å². The van der Waals surface area contributed by atoms with E-state index in [1.165, 1.54) is 4.90 Å². The van der Waals surface area contributed by atoms with Gasteiger partial charge < -0.3 is 19.9 Å². The van der Waals surface area contributed by atoms with Crippen LogP contribution in [0.5, 0.6) is 5.75 Å². The third kappa shape index (κ3) is 5.01. The summed E-state index contributed by atoms with van der Waals surface area (Å²) >= 11 is 0. The Kier molecular flexibility index (Phi) is 6.35. The third-order valence-electron chi connectivity index (χ3n) is 5.27. The summed E-state index contributed by atoms with van der Waals surface area (Å²) in [5, 5.41) is 3.06. The van der Waals surface area contributed by atoms with Crippen LogP contribution >= 0.6 is 0 Å². The van der Waals surface area contributed by atoms with Gasteiger partial charge in [0.2, 0.25) is 5.91 Å². The van der Waals surface area contributed by atoms with Crippen LogP contribution in [-0.2, 0) is 4.79 Å². The molecule has 144 valence electrons. The minimum atomic E-state index is 0.100. The Morgan fingerprint density at radius 2 is 1.89 bits per heavy atom. The number of piperazine rings is 1. The highest BCUT2D eigenvalue weighted by molar-refractivity contribution is 5.91. The van der Waals surface area contributed by atoms with Gasteiger partial charge in [-0.25, -0.2) is 0 Å². The summed E-state index contributed by atoms with van der Waals surface area (Å²) in [6, 6.07) is 14.3. The van der Waals surface area contributed by atoms with Gasteiger partial charge in [0, 0.05) is 5.69 Å². The van der Waals surface area contributed by atoms with E-state index in [0.29, 0.717) is 6.42 Å². The highest BCUT2D eigenvalue weighted by Gasteiger charge is 2.22. The molecule has 5 nitrogen and oxygen atoms in total. The number of nitrogens with one attached hydrogen (secondary N) is 2. The Hall–Kier alpha value is -2.53. The topological polar surface area (TPSA) is 46.0 Å². The molecule has 27 heavy (non-hydrogen) atoms. The molecule has 0 bridgehead atoms. The normalized spacial score (nSPS) is 14.9. The van der Waals surface area contributed by atoms with Crippen molar-refractivity contribution in [3.8, 4) is 5.75 Å². The molecule has 0 unspecified atom stereocenters. The lowest BCUT2D eigenvalue weighted by Crippen LogP contribution is -3.15. The van der Waals surface area contributed by atoms with Crippen LogP contribution < -0.4 is 19.9 Å². The number of ether oxygens (including phenoxy) is 1. The van der Waals surface area contributed by atoms with Gasteiger partial charge in [-0.3, -0.25) is 4.79 Å². The predicted molar refractivity (Wildman–Crippen MR) is 110 cm³/mol. The van der Waals surface area contributed by atoms with E-state index in [1.807, 2.05) is 38.1 Å². The molecular weight excluding hydrogens is 338 g/mol. The molecule has 0 aliphatic carbocycles. The van der Waals surface area contributed by atoms with Gasteiger partial charge in [0.15, 0.2) is 0 Å². The first kappa shape index (κ1) is 19.2. The standard InChI is InChI=1S/C22H29N3O2/c1-17-8-9-18(2)19(16-17)23-22(26)10-11-24-12-14-25(15-13-24)20-6-4-5-7-21(20)27-3/h4-9,16H,10-15H2,1-3H3,(H,23,26)/p+1. The largest absolute Gasteiger partial charge is 0.495 e. The van der Waals surface area contributed by atoms with Gasteiger partial charge in [-0.15, -0.1) is 0 Å². The summed E-state index contributed by atoms with van der Waals surface area (Å²) in [7, 11) is 1.72. The number of benzene rings is 2. The van der Waals surface area contributed by atoms with Gasteiger partial charge in [0.05, 0.1) is 51.9 Å². The van der Waals surface area contributed by atoms with Gasteiger partial charge in [0.1, 0.15) is 5.75 Å². The van der Waals surface area contributed by atoms with Crippen LogP contribution in [-0.4, -0.2) is 45.7 Å². The maximum atomic E-state index is 12.3. The number of anilines is 2. The van der Waals surface area contributed by atoms with Crippen molar-refractivity contribution in [2.75, 3.05) is 50.1 Å². The van der Waals surface area contributed by atoms with Crippen LogP contribution in [0.25, 0.3) is 0 Å². The molecule has 2 aromatic rings. The van der Waals surface area contributed by atoms with Crippen LogP contribution in [0, 0.1) is 13.8 Å². The molecule has 1 aliphatic rings. The molecule has 3 rings (SSSR count). The van der Waals surface area contributed by atoms with Crippen LogP contribution in [0.2, 0.25) is 0 Å². The predicted octanol–water partition coefficient (Wildman–Crippen LogP) is 2.05. The summed E-state index contributed by atoms with van der Waals surface area (Å²) in [5.41, 5.74) is 4.35. The number of carbonyl (C=O) groups excluding carboxylic acids is 1. The van der Waals surface area contributed by atoms with E-state index < -0.39 is 0 Å². The molecule has 0 saturated carbocycles. The number of aryl methyl sites for hydroxylation is 2. The average molecular weight is 369 g/mol. The van der Waals surface area contributed by atoms with E-state index in [4.69, 9.17) is 4.74 Å². The summed E-state index contributed by atoms with van der Waals surface area (Å²) in [6.45, 7) is 8.97. The van der Waals surface area contributed by atoms with Crippen LogP contribution in [0.1, 0.15) is 17.5 Å². The zero-order valence-corrected chi connectivity index (χ0v) is 16.5. The molecule has 1 saturated heterocycles. The number of amides is 1. The molecule has 1 aliphatic heterocycles. The lowest BCUT2D eigenvalue weighted by atomic mass is 10.1. The van der Waals surface area contributed by atoms with E-state index in [1.54, 1.807) is 7.11 Å². The molecule has 0 aromatic heterocycles. The minimum Gasteiger partial charge on any atom is -0.495 e. The molecular formula is C22H30N3O2+. The van der Waals surface area contributed by atoms with Crippen LogP contribution in [0.3, 0.4) is 0 Å². The first-order valence-corrected chi connectivity index (χ1v) is 9.65. The Balaban J connectivity index is 1.47. The molecule has 5 heteroatoms. The van der Waals surface area contributed by atoms with Crippen molar-refractivity contribution in [1.29, 1.82) is 0 Å².